The van der Waals surface area contributed by atoms with Crippen molar-refractivity contribution in [3.05, 3.63) is 29.3 Å². The van der Waals surface area contributed by atoms with Crippen LogP contribution in [0.4, 0.5) is 0 Å². The third kappa shape index (κ3) is 3.88. The van der Waals surface area contributed by atoms with Gasteiger partial charge in [0.15, 0.2) is 6.61 Å². The van der Waals surface area contributed by atoms with E-state index in [0.29, 0.717) is 30.3 Å². The number of carbonyl (C=O) groups excluding carboxylic acids is 2. The van der Waals surface area contributed by atoms with Crippen LogP contribution in [0.25, 0.3) is 0 Å². The van der Waals surface area contributed by atoms with Crippen molar-refractivity contribution in [3.63, 3.8) is 0 Å². The highest BCUT2D eigenvalue weighted by Crippen LogP contribution is 2.24. The lowest BCUT2D eigenvalue weighted by molar-refractivity contribution is -0.153. The molecule has 0 radical (unpaired) electrons. The summed E-state index contributed by atoms with van der Waals surface area (Å²) >= 11 is 5.96. The lowest BCUT2D eigenvalue weighted by Gasteiger charge is -2.23. The highest BCUT2D eigenvalue weighted by atomic mass is 35.5. The van der Waals surface area contributed by atoms with Gasteiger partial charge >= 0.3 is 5.97 Å². The molecule has 1 unspecified atom stereocenters. The average molecular weight is 312 g/mol. The number of halogens is 1. The summed E-state index contributed by atoms with van der Waals surface area (Å²) in [5.74, 6) is -0.119. The Morgan fingerprint density at radius 3 is 2.86 bits per heavy atom. The Labute approximate surface area is 128 Å². The SMILES string of the molecule is CCOC(=O)C1CCCN1C(=O)COc1ccccc1Cl. The Morgan fingerprint density at radius 1 is 1.38 bits per heavy atom. The fourth-order valence-corrected chi connectivity index (χ4v) is 2.52. The van der Waals surface area contributed by atoms with Crippen molar-refractivity contribution in [1.82, 2.24) is 4.90 Å². The third-order valence-corrected chi connectivity index (χ3v) is 3.63. The maximum Gasteiger partial charge on any atom is 0.328 e. The maximum absolute atomic E-state index is 12.2. The minimum atomic E-state index is -0.493. The molecule has 1 atom stereocenters. The molecule has 1 aliphatic rings. The van der Waals surface area contributed by atoms with Gasteiger partial charge in [0.25, 0.3) is 5.91 Å². The van der Waals surface area contributed by atoms with Crippen LogP contribution in [-0.4, -0.2) is 42.6 Å². The van der Waals surface area contributed by atoms with Crippen molar-refractivity contribution in [2.24, 2.45) is 0 Å². The quantitative estimate of drug-likeness (QED) is 0.783. The minimum absolute atomic E-state index is 0.139. The first kappa shape index (κ1) is 15.6. The maximum atomic E-state index is 12.2. The number of hydrogen-bond acceptors (Lipinski definition) is 4. The Bertz CT molecular complexity index is 520. The van der Waals surface area contributed by atoms with Crippen LogP contribution in [0.3, 0.4) is 0 Å². The van der Waals surface area contributed by atoms with E-state index in [1.807, 2.05) is 0 Å². The Morgan fingerprint density at radius 2 is 2.14 bits per heavy atom. The minimum Gasteiger partial charge on any atom is -0.482 e. The number of benzene rings is 1. The first-order valence-corrected chi connectivity index (χ1v) is 7.34. The van der Waals surface area contributed by atoms with E-state index in [1.165, 1.54) is 4.90 Å². The van der Waals surface area contributed by atoms with Crippen molar-refractivity contribution >= 4 is 23.5 Å². The summed E-state index contributed by atoms with van der Waals surface area (Å²) in [6.45, 7) is 2.47. The summed E-state index contributed by atoms with van der Waals surface area (Å²) in [5, 5.41) is 0.452. The Balaban J connectivity index is 1.93. The molecule has 21 heavy (non-hydrogen) atoms. The molecule has 1 saturated heterocycles. The fraction of sp³-hybridized carbons (Fsp3) is 0.467. The van der Waals surface area contributed by atoms with E-state index in [4.69, 9.17) is 21.1 Å². The van der Waals surface area contributed by atoms with Crippen LogP contribution >= 0.6 is 11.6 Å². The van der Waals surface area contributed by atoms with E-state index in [-0.39, 0.29) is 18.5 Å². The number of esters is 1. The van der Waals surface area contributed by atoms with Gasteiger partial charge in [-0.05, 0) is 31.9 Å². The molecule has 114 valence electrons. The zero-order valence-corrected chi connectivity index (χ0v) is 12.6. The average Bonchev–Trinajstić information content (AvgIpc) is 2.96. The molecule has 1 fully saturated rings. The van der Waals surface area contributed by atoms with Crippen LogP contribution in [0, 0.1) is 0 Å². The molecule has 6 heteroatoms. The number of likely N-dealkylation sites (tertiary alicyclic amines) is 1. The number of hydrogen-bond donors (Lipinski definition) is 0. The highest BCUT2D eigenvalue weighted by molar-refractivity contribution is 6.32. The van der Waals surface area contributed by atoms with E-state index in [2.05, 4.69) is 0 Å². The highest BCUT2D eigenvalue weighted by Gasteiger charge is 2.35. The second-order valence-corrected chi connectivity index (χ2v) is 5.12. The molecule has 1 heterocycles. The van der Waals surface area contributed by atoms with E-state index >= 15 is 0 Å². The molecule has 0 saturated carbocycles. The number of carbonyl (C=O) groups is 2. The second-order valence-electron chi connectivity index (χ2n) is 4.72. The van der Waals surface area contributed by atoms with Crippen LogP contribution in [0.5, 0.6) is 5.75 Å². The summed E-state index contributed by atoms with van der Waals surface area (Å²) in [7, 11) is 0. The predicted molar refractivity (Wildman–Crippen MR) is 78.3 cm³/mol. The van der Waals surface area contributed by atoms with Crippen LogP contribution in [0.1, 0.15) is 19.8 Å². The van der Waals surface area contributed by atoms with Crippen molar-refractivity contribution in [2.45, 2.75) is 25.8 Å². The van der Waals surface area contributed by atoms with Gasteiger partial charge in [-0.15, -0.1) is 0 Å². The second kappa shape index (κ2) is 7.31. The number of amides is 1. The van der Waals surface area contributed by atoms with Crippen LogP contribution in [0.2, 0.25) is 5.02 Å². The van der Waals surface area contributed by atoms with Gasteiger partial charge in [0.05, 0.1) is 11.6 Å². The number of para-hydroxylation sites is 1. The molecule has 5 nitrogen and oxygen atoms in total. The van der Waals surface area contributed by atoms with Gasteiger partial charge in [0.2, 0.25) is 0 Å². The molecule has 1 aliphatic heterocycles. The molecule has 1 aromatic carbocycles. The van der Waals surface area contributed by atoms with Crippen LogP contribution in [-0.2, 0) is 14.3 Å². The molecular formula is C15H18ClNO4. The lowest BCUT2D eigenvalue weighted by atomic mass is 10.2. The van der Waals surface area contributed by atoms with Gasteiger partial charge in [-0.25, -0.2) is 4.79 Å². The van der Waals surface area contributed by atoms with Gasteiger partial charge < -0.3 is 14.4 Å². The zero-order valence-electron chi connectivity index (χ0n) is 11.9. The van der Waals surface area contributed by atoms with Crippen LogP contribution < -0.4 is 4.74 Å². The standard InChI is InChI=1S/C15H18ClNO4/c1-2-20-15(19)12-7-5-9-17(12)14(18)10-21-13-8-4-3-6-11(13)16/h3-4,6,8,12H,2,5,7,9-10H2,1H3. The summed E-state index contributed by atoms with van der Waals surface area (Å²) < 4.78 is 10.4. The lowest BCUT2D eigenvalue weighted by Crippen LogP contribution is -2.43. The van der Waals surface area contributed by atoms with E-state index in [0.717, 1.165) is 6.42 Å². The molecule has 0 aliphatic carbocycles. The van der Waals surface area contributed by atoms with Gasteiger partial charge in [-0.2, -0.15) is 0 Å². The molecule has 2 rings (SSSR count). The topological polar surface area (TPSA) is 55.8 Å². The molecule has 0 bridgehead atoms. The number of ether oxygens (including phenoxy) is 2. The summed E-state index contributed by atoms with van der Waals surface area (Å²) in [5.41, 5.74) is 0. The summed E-state index contributed by atoms with van der Waals surface area (Å²) in [4.78, 5) is 25.5. The normalized spacial score (nSPS) is 17.6. The monoisotopic (exact) mass is 311 g/mol. The number of rotatable bonds is 5. The molecule has 0 spiro atoms. The van der Waals surface area contributed by atoms with Gasteiger partial charge in [0.1, 0.15) is 11.8 Å². The van der Waals surface area contributed by atoms with Crippen molar-refractivity contribution in [3.8, 4) is 5.75 Å². The van der Waals surface area contributed by atoms with Crippen molar-refractivity contribution in [2.75, 3.05) is 19.8 Å². The third-order valence-electron chi connectivity index (χ3n) is 3.32. The van der Waals surface area contributed by atoms with Gasteiger partial charge in [-0.1, -0.05) is 23.7 Å². The molecule has 0 N–H and O–H groups in total. The Kier molecular flexibility index (Phi) is 5.44. The van der Waals surface area contributed by atoms with E-state index in [1.54, 1.807) is 31.2 Å². The molecular weight excluding hydrogens is 294 g/mol. The van der Waals surface area contributed by atoms with Crippen molar-refractivity contribution < 1.29 is 19.1 Å². The molecule has 0 aromatic heterocycles. The Hall–Kier alpha value is -1.75. The zero-order chi connectivity index (χ0) is 15.2. The predicted octanol–water partition coefficient (Wildman–Crippen LogP) is 2.27. The number of nitrogens with zero attached hydrogens (tertiary/aromatic N) is 1. The smallest absolute Gasteiger partial charge is 0.328 e. The first-order valence-electron chi connectivity index (χ1n) is 6.97. The fourth-order valence-electron chi connectivity index (χ4n) is 2.33. The van der Waals surface area contributed by atoms with Crippen LogP contribution in [0.15, 0.2) is 24.3 Å². The van der Waals surface area contributed by atoms with Crippen molar-refractivity contribution in [1.29, 1.82) is 0 Å². The molecule has 1 aromatic rings. The van der Waals surface area contributed by atoms with E-state index in [9.17, 15) is 9.59 Å². The summed E-state index contributed by atoms with van der Waals surface area (Å²) in [6.07, 6.45) is 1.43. The van der Waals surface area contributed by atoms with Gasteiger partial charge in [0, 0.05) is 6.54 Å². The van der Waals surface area contributed by atoms with Gasteiger partial charge in [-0.3, -0.25) is 4.79 Å². The summed E-state index contributed by atoms with van der Waals surface area (Å²) in [6, 6.07) is 6.46. The molecule has 1 amide bonds. The first-order chi connectivity index (χ1) is 10.1. The van der Waals surface area contributed by atoms with E-state index < -0.39 is 6.04 Å². The largest absolute Gasteiger partial charge is 0.482 e.